The largest absolute Gasteiger partial charge is 0.493 e. The molecular weight excluding hydrogens is 469 g/mol. The van der Waals surface area contributed by atoms with Crippen LogP contribution in [-0.4, -0.2) is 56.9 Å². The number of rotatable bonds is 6. The molecule has 2 aromatic heterocycles. The van der Waals surface area contributed by atoms with Gasteiger partial charge in [-0.3, -0.25) is 14.4 Å². The van der Waals surface area contributed by atoms with Crippen molar-refractivity contribution in [3.05, 3.63) is 56.3 Å². The van der Waals surface area contributed by atoms with Crippen LogP contribution in [0.1, 0.15) is 34.1 Å². The number of carboxylic acids is 1. The topological polar surface area (TPSA) is 130 Å². The standard InChI is InChI=1S/C22H19ClFN5O5/c1-27-5-6-28-18-16(20(34-2)19(28)22(27)33)21(32)29(10-11-3-4-14(24)13(23)7-11)26-17(18)12(9-25)8-15(30)31/h3-4,7,12H,5-6,8,10H2,1-2H3,(H,30,31). The number of likely N-dealkylation sites (N-methyl/N-ethyl adjacent to an activating group) is 1. The van der Waals surface area contributed by atoms with Gasteiger partial charge in [0.2, 0.25) is 0 Å². The molecule has 3 aromatic rings. The molecule has 0 aliphatic carbocycles. The first kappa shape index (κ1) is 23.3. The summed E-state index contributed by atoms with van der Waals surface area (Å²) in [6.45, 7) is 0.504. The van der Waals surface area contributed by atoms with Crippen molar-refractivity contribution < 1.29 is 23.8 Å². The van der Waals surface area contributed by atoms with E-state index in [4.69, 9.17) is 16.3 Å². The van der Waals surface area contributed by atoms with Crippen molar-refractivity contribution in [2.45, 2.75) is 25.4 Å². The van der Waals surface area contributed by atoms with E-state index in [0.29, 0.717) is 18.7 Å². The maximum Gasteiger partial charge on any atom is 0.305 e. The molecular formula is C22H19ClFN5O5. The second kappa shape index (κ2) is 8.79. The van der Waals surface area contributed by atoms with Crippen LogP contribution in [0.2, 0.25) is 5.02 Å². The number of halogens is 2. The minimum absolute atomic E-state index is 0.0185. The molecule has 0 fully saturated rings. The van der Waals surface area contributed by atoms with Crippen molar-refractivity contribution in [1.29, 1.82) is 5.26 Å². The summed E-state index contributed by atoms with van der Waals surface area (Å²) >= 11 is 5.87. The molecule has 0 bridgehead atoms. The molecule has 3 heterocycles. The van der Waals surface area contributed by atoms with Gasteiger partial charge < -0.3 is 19.3 Å². The van der Waals surface area contributed by atoms with Crippen molar-refractivity contribution in [3.63, 3.8) is 0 Å². The fraction of sp³-hybridized carbons (Fsp3) is 0.318. The molecule has 1 atom stereocenters. The highest BCUT2D eigenvalue weighted by Gasteiger charge is 2.35. The lowest BCUT2D eigenvalue weighted by atomic mass is 10.0. The van der Waals surface area contributed by atoms with Crippen LogP contribution < -0.4 is 10.3 Å². The van der Waals surface area contributed by atoms with Crippen LogP contribution in [0.4, 0.5) is 4.39 Å². The summed E-state index contributed by atoms with van der Waals surface area (Å²) < 4.78 is 21.7. The van der Waals surface area contributed by atoms with Gasteiger partial charge in [-0.1, -0.05) is 17.7 Å². The summed E-state index contributed by atoms with van der Waals surface area (Å²) in [5.41, 5.74) is 0.201. The molecule has 1 aliphatic heterocycles. The van der Waals surface area contributed by atoms with Crippen LogP contribution in [0.25, 0.3) is 10.9 Å². The lowest BCUT2D eigenvalue weighted by Gasteiger charge is -2.25. The van der Waals surface area contributed by atoms with Gasteiger partial charge in [0.05, 0.1) is 36.7 Å². The molecule has 1 N–H and O–H groups in total. The summed E-state index contributed by atoms with van der Waals surface area (Å²) in [5, 5.41) is 23.3. The van der Waals surface area contributed by atoms with Crippen LogP contribution in [-0.2, 0) is 17.9 Å². The Kier molecular flexibility index (Phi) is 6.01. The molecule has 4 rings (SSSR count). The molecule has 0 spiro atoms. The van der Waals surface area contributed by atoms with Crippen LogP contribution in [0.15, 0.2) is 23.0 Å². The molecule has 1 unspecified atom stereocenters. The molecule has 1 aliphatic rings. The monoisotopic (exact) mass is 487 g/mol. The SMILES string of the molecule is COc1c2n(c3c(C(C#N)CC(=O)O)nn(Cc4ccc(F)c(Cl)c4)c(=O)c13)CCN(C)C2=O. The number of carbonyl (C=O) groups is 2. The number of carboxylic acid groups (broad SMARTS) is 1. The maximum atomic E-state index is 13.6. The average Bonchev–Trinajstić information content (AvgIpc) is 3.14. The minimum Gasteiger partial charge on any atom is -0.493 e. The third kappa shape index (κ3) is 3.76. The van der Waals surface area contributed by atoms with Crippen LogP contribution in [0.3, 0.4) is 0 Å². The number of hydrogen-bond donors (Lipinski definition) is 1. The second-order valence-electron chi connectivity index (χ2n) is 7.86. The van der Waals surface area contributed by atoms with E-state index in [1.165, 1.54) is 24.1 Å². The van der Waals surface area contributed by atoms with Crippen LogP contribution >= 0.6 is 11.6 Å². The maximum absolute atomic E-state index is 13.6. The third-order valence-electron chi connectivity index (χ3n) is 5.73. The molecule has 0 saturated heterocycles. The van der Waals surface area contributed by atoms with Gasteiger partial charge in [-0.05, 0) is 17.7 Å². The summed E-state index contributed by atoms with van der Waals surface area (Å²) in [6, 6.07) is 5.86. The number of nitrogens with zero attached hydrogens (tertiary/aromatic N) is 5. The molecule has 1 amide bonds. The van der Waals surface area contributed by atoms with E-state index in [2.05, 4.69) is 5.10 Å². The normalized spacial score (nSPS) is 14.1. The van der Waals surface area contributed by atoms with Gasteiger partial charge in [-0.2, -0.15) is 10.4 Å². The number of nitriles is 1. The second-order valence-corrected chi connectivity index (χ2v) is 8.27. The minimum atomic E-state index is -1.22. The first-order valence-electron chi connectivity index (χ1n) is 10.2. The van der Waals surface area contributed by atoms with Gasteiger partial charge in [0.25, 0.3) is 11.5 Å². The number of fused-ring (bicyclic) bond motifs is 3. The predicted octanol–water partition coefficient (Wildman–Crippen LogP) is 2.21. The Balaban J connectivity index is 2.05. The number of hydrogen-bond acceptors (Lipinski definition) is 6. The van der Waals surface area contributed by atoms with E-state index < -0.39 is 29.7 Å². The predicted molar refractivity (Wildman–Crippen MR) is 119 cm³/mol. The summed E-state index contributed by atoms with van der Waals surface area (Å²) in [7, 11) is 2.93. The van der Waals surface area contributed by atoms with Gasteiger partial charge in [0, 0.05) is 20.1 Å². The Hall–Kier alpha value is -3.91. The first-order chi connectivity index (χ1) is 16.2. The number of amides is 1. The van der Waals surface area contributed by atoms with Crippen molar-refractivity contribution >= 4 is 34.4 Å². The fourth-order valence-corrected chi connectivity index (χ4v) is 4.31. The molecule has 0 radical (unpaired) electrons. The number of aromatic nitrogens is 3. The number of aliphatic carboxylic acids is 1. The first-order valence-corrected chi connectivity index (χ1v) is 10.6. The Morgan fingerprint density at radius 3 is 2.74 bits per heavy atom. The number of benzene rings is 1. The number of methoxy groups -OCH3 is 1. The van der Waals surface area contributed by atoms with Crippen molar-refractivity contribution in [2.75, 3.05) is 20.7 Å². The Labute approximate surface area is 197 Å². The molecule has 1 aromatic carbocycles. The van der Waals surface area contributed by atoms with E-state index in [-0.39, 0.29) is 45.5 Å². The van der Waals surface area contributed by atoms with E-state index in [9.17, 15) is 29.1 Å². The summed E-state index contributed by atoms with van der Waals surface area (Å²) in [4.78, 5) is 39.4. The zero-order chi connectivity index (χ0) is 24.7. The van der Waals surface area contributed by atoms with E-state index in [1.807, 2.05) is 6.07 Å². The quantitative estimate of drug-likeness (QED) is 0.564. The summed E-state index contributed by atoms with van der Waals surface area (Å²) in [5.74, 6) is -3.41. The molecule has 0 saturated carbocycles. The molecule has 34 heavy (non-hydrogen) atoms. The fourth-order valence-electron chi connectivity index (χ4n) is 4.11. The highest BCUT2D eigenvalue weighted by molar-refractivity contribution is 6.30. The Bertz CT molecular complexity index is 1440. The lowest BCUT2D eigenvalue weighted by Crippen LogP contribution is -2.37. The molecule has 10 nitrogen and oxygen atoms in total. The van der Waals surface area contributed by atoms with Gasteiger partial charge >= 0.3 is 5.97 Å². The lowest BCUT2D eigenvalue weighted by molar-refractivity contribution is -0.137. The molecule has 176 valence electrons. The van der Waals surface area contributed by atoms with Crippen molar-refractivity contribution in [2.24, 2.45) is 0 Å². The molecule has 12 heteroatoms. The zero-order valence-electron chi connectivity index (χ0n) is 18.2. The van der Waals surface area contributed by atoms with E-state index in [0.717, 1.165) is 10.7 Å². The third-order valence-corrected chi connectivity index (χ3v) is 6.02. The smallest absolute Gasteiger partial charge is 0.305 e. The van der Waals surface area contributed by atoms with Gasteiger partial charge in [-0.15, -0.1) is 0 Å². The van der Waals surface area contributed by atoms with E-state index >= 15 is 0 Å². The highest BCUT2D eigenvalue weighted by atomic mass is 35.5. The Morgan fingerprint density at radius 1 is 1.38 bits per heavy atom. The Morgan fingerprint density at radius 2 is 2.12 bits per heavy atom. The van der Waals surface area contributed by atoms with Crippen molar-refractivity contribution in [1.82, 2.24) is 19.2 Å². The highest BCUT2D eigenvalue weighted by Crippen LogP contribution is 2.37. The zero-order valence-corrected chi connectivity index (χ0v) is 19.0. The van der Waals surface area contributed by atoms with Crippen LogP contribution in [0, 0.1) is 17.1 Å². The van der Waals surface area contributed by atoms with E-state index in [1.54, 1.807) is 11.6 Å². The van der Waals surface area contributed by atoms with Gasteiger partial charge in [-0.25, -0.2) is 9.07 Å². The number of ether oxygens (including phenoxy) is 1. The average molecular weight is 488 g/mol. The van der Waals surface area contributed by atoms with Gasteiger partial charge in [0.15, 0.2) is 11.4 Å². The van der Waals surface area contributed by atoms with Gasteiger partial charge in [0.1, 0.15) is 22.8 Å². The summed E-state index contributed by atoms with van der Waals surface area (Å²) in [6.07, 6.45) is -0.560. The number of carbonyl (C=O) groups excluding carboxylic acids is 1. The van der Waals surface area contributed by atoms with Crippen LogP contribution in [0.5, 0.6) is 5.75 Å². The van der Waals surface area contributed by atoms with Crippen molar-refractivity contribution in [3.8, 4) is 11.8 Å².